The van der Waals surface area contributed by atoms with Gasteiger partial charge in [-0.15, -0.1) is 0 Å². The van der Waals surface area contributed by atoms with Crippen molar-refractivity contribution in [1.82, 2.24) is 10.6 Å². The van der Waals surface area contributed by atoms with Gasteiger partial charge in [0, 0.05) is 28.2 Å². The summed E-state index contributed by atoms with van der Waals surface area (Å²) in [6.45, 7) is 0. The molecule has 0 aromatic heterocycles. The van der Waals surface area contributed by atoms with Gasteiger partial charge in [-0.1, -0.05) is 60.7 Å². The van der Waals surface area contributed by atoms with E-state index in [0.717, 1.165) is 44.1 Å². The minimum absolute atomic E-state index is 0.0184. The number of rotatable bonds is 3. The van der Waals surface area contributed by atoms with E-state index in [0.29, 0.717) is 29.1 Å². The molecule has 3 atom stereocenters. The first-order chi connectivity index (χ1) is 16.9. The lowest BCUT2D eigenvalue weighted by Gasteiger charge is -2.47. The third-order valence-electron chi connectivity index (χ3n) is 8.76. The van der Waals surface area contributed by atoms with Gasteiger partial charge in [-0.3, -0.25) is 14.9 Å². The van der Waals surface area contributed by atoms with Gasteiger partial charge in [-0.2, -0.15) is 0 Å². The minimum atomic E-state index is -1.18. The van der Waals surface area contributed by atoms with E-state index in [1.807, 2.05) is 6.07 Å². The molecule has 2 aliphatic carbocycles. The van der Waals surface area contributed by atoms with E-state index in [2.05, 4.69) is 16.0 Å². The summed E-state index contributed by atoms with van der Waals surface area (Å²) >= 11 is 12.5. The highest BCUT2D eigenvalue weighted by molar-refractivity contribution is 6.31. The fourth-order valence-corrected chi connectivity index (χ4v) is 7.42. The molecule has 6 rings (SSSR count). The van der Waals surface area contributed by atoms with Crippen LogP contribution in [0.3, 0.4) is 0 Å². The predicted molar refractivity (Wildman–Crippen MR) is 134 cm³/mol. The smallest absolute Gasteiger partial charge is 0.238 e. The van der Waals surface area contributed by atoms with Crippen LogP contribution in [0.25, 0.3) is 0 Å². The molecule has 35 heavy (non-hydrogen) atoms. The number of benzene rings is 2. The SMILES string of the molecule is O=C(NC1CCC1)C1NC2(CCCCC2)C2(C(=O)Nc3cc(Cl)ccc32)C1c1cccc(Cl)c1F. The van der Waals surface area contributed by atoms with Crippen LogP contribution in [-0.2, 0) is 15.0 Å². The van der Waals surface area contributed by atoms with E-state index in [-0.39, 0.29) is 22.9 Å². The molecule has 2 spiro atoms. The van der Waals surface area contributed by atoms with Crippen LogP contribution in [-0.4, -0.2) is 29.4 Å². The van der Waals surface area contributed by atoms with Crippen molar-refractivity contribution in [2.24, 2.45) is 0 Å². The van der Waals surface area contributed by atoms with Crippen LogP contribution in [0.2, 0.25) is 10.0 Å². The van der Waals surface area contributed by atoms with Gasteiger partial charge in [0.15, 0.2) is 0 Å². The highest BCUT2D eigenvalue weighted by atomic mass is 35.5. The fraction of sp³-hybridized carbons (Fsp3) is 0.481. The number of amides is 2. The zero-order valence-electron chi connectivity index (χ0n) is 19.3. The molecule has 2 saturated carbocycles. The molecule has 2 heterocycles. The molecule has 3 N–H and O–H groups in total. The van der Waals surface area contributed by atoms with Crippen LogP contribution < -0.4 is 16.0 Å². The van der Waals surface area contributed by atoms with Crippen molar-refractivity contribution in [1.29, 1.82) is 0 Å². The zero-order valence-corrected chi connectivity index (χ0v) is 20.8. The molecule has 0 bridgehead atoms. The molecule has 5 nitrogen and oxygen atoms in total. The van der Waals surface area contributed by atoms with E-state index in [4.69, 9.17) is 23.2 Å². The minimum Gasteiger partial charge on any atom is -0.352 e. The molecule has 0 radical (unpaired) electrons. The molecule has 184 valence electrons. The van der Waals surface area contributed by atoms with Crippen LogP contribution in [0.5, 0.6) is 0 Å². The first kappa shape index (κ1) is 23.3. The van der Waals surface area contributed by atoms with E-state index in [1.54, 1.807) is 24.3 Å². The van der Waals surface area contributed by atoms with Crippen molar-refractivity contribution in [3.05, 3.63) is 63.4 Å². The van der Waals surface area contributed by atoms with Gasteiger partial charge >= 0.3 is 0 Å². The zero-order chi connectivity index (χ0) is 24.4. The number of halogens is 3. The van der Waals surface area contributed by atoms with Crippen LogP contribution in [0.4, 0.5) is 10.1 Å². The summed E-state index contributed by atoms with van der Waals surface area (Å²) in [5.41, 5.74) is -0.193. The average molecular weight is 516 g/mol. The molecule has 4 aliphatic rings. The first-order valence-corrected chi connectivity index (χ1v) is 13.3. The standard InChI is InChI=1S/C27H28Cl2FN3O2/c28-15-10-11-18-20(14-15)32-25(35)27(18)21(17-8-5-9-19(29)22(17)30)23(24(34)31-16-6-4-7-16)33-26(27)12-2-1-3-13-26/h5,8-11,14,16,21,23,33H,1-4,6-7,12-13H2,(H,31,34)(H,32,35). The molecular weight excluding hydrogens is 488 g/mol. The molecule has 2 aromatic rings. The van der Waals surface area contributed by atoms with Gasteiger partial charge in [0.05, 0.1) is 11.1 Å². The molecule has 2 aliphatic heterocycles. The number of fused-ring (bicyclic) bond motifs is 3. The summed E-state index contributed by atoms with van der Waals surface area (Å²) in [7, 11) is 0. The Morgan fingerprint density at radius 1 is 1.06 bits per heavy atom. The molecule has 2 amide bonds. The normalized spacial score (nSPS) is 29.2. The van der Waals surface area contributed by atoms with Crippen molar-refractivity contribution in [3.63, 3.8) is 0 Å². The van der Waals surface area contributed by atoms with Gasteiger partial charge in [-0.05, 0) is 61.4 Å². The Balaban J connectivity index is 1.60. The molecular formula is C27H28Cl2FN3O2. The van der Waals surface area contributed by atoms with Crippen molar-refractivity contribution in [3.8, 4) is 0 Å². The van der Waals surface area contributed by atoms with Gasteiger partial charge < -0.3 is 10.6 Å². The third-order valence-corrected chi connectivity index (χ3v) is 9.28. The van der Waals surface area contributed by atoms with Crippen LogP contribution in [0.15, 0.2) is 36.4 Å². The number of carbonyl (C=O) groups is 2. The number of hydrogen-bond acceptors (Lipinski definition) is 3. The number of carbonyl (C=O) groups excluding carboxylic acids is 2. The summed E-state index contributed by atoms with van der Waals surface area (Å²) in [6, 6.07) is 9.58. The van der Waals surface area contributed by atoms with Crippen molar-refractivity contribution >= 4 is 40.7 Å². The Kier molecular flexibility index (Phi) is 5.62. The van der Waals surface area contributed by atoms with Gasteiger partial charge in [0.2, 0.25) is 11.8 Å². The van der Waals surface area contributed by atoms with Crippen molar-refractivity contribution in [2.45, 2.75) is 80.3 Å². The third kappa shape index (κ3) is 3.29. The quantitative estimate of drug-likeness (QED) is 0.508. The Hall–Kier alpha value is -2.15. The molecule has 8 heteroatoms. The molecule has 1 saturated heterocycles. The number of hydrogen-bond donors (Lipinski definition) is 3. The largest absolute Gasteiger partial charge is 0.352 e. The Labute approximate surface area is 214 Å². The molecule has 2 aromatic carbocycles. The van der Waals surface area contributed by atoms with Crippen molar-refractivity contribution < 1.29 is 14.0 Å². The monoisotopic (exact) mass is 515 g/mol. The summed E-state index contributed by atoms with van der Waals surface area (Å²) in [5.74, 6) is -1.75. The van der Waals surface area contributed by atoms with Gasteiger partial charge in [0.25, 0.3) is 0 Å². The second-order valence-electron chi connectivity index (χ2n) is 10.5. The molecule has 3 unspecified atom stereocenters. The highest BCUT2D eigenvalue weighted by Crippen LogP contribution is 2.62. The fourth-order valence-electron chi connectivity index (χ4n) is 7.06. The highest BCUT2D eigenvalue weighted by Gasteiger charge is 2.72. The lowest BCUT2D eigenvalue weighted by molar-refractivity contribution is -0.125. The molecule has 3 fully saturated rings. The summed E-state index contributed by atoms with van der Waals surface area (Å²) in [5, 5.41) is 10.4. The Bertz CT molecular complexity index is 1210. The summed E-state index contributed by atoms with van der Waals surface area (Å²) < 4.78 is 15.7. The van der Waals surface area contributed by atoms with Crippen LogP contribution >= 0.6 is 23.2 Å². The average Bonchev–Trinajstić information content (AvgIpc) is 3.26. The predicted octanol–water partition coefficient (Wildman–Crippen LogP) is 5.45. The van der Waals surface area contributed by atoms with Crippen LogP contribution in [0.1, 0.15) is 68.4 Å². The van der Waals surface area contributed by atoms with Crippen molar-refractivity contribution in [2.75, 3.05) is 5.32 Å². The Morgan fingerprint density at radius 3 is 2.54 bits per heavy atom. The van der Waals surface area contributed by atoms with E-state index < -0.39 is 28.7 Å². The van der Waals surface area contributed by atoms with E-state index in [1.165, 1.54) is 6.07 Å². The van der Waals surface area contributed by atoms with E-state index >= 15 is 4.39 Å². The Morgan fingerprint density at radius 2 is 1.83 bits per heavy atom. The lowest BCUT2D eigenvalue weighted by atomic mass is 9.55. The first-order valence-electron chi connectivity index (χ1n) is 12.5. The number of anilines is 1. The second kappa shape index (κ2) is 8.46. The summed E-state index contributed by atoms with van der Waals surface area (Å²) in [6.07, 6.45) is 7.30. The maximum atomic E-state index is 15.7. The van der Waals surface area contributed by atoms with Gasteiger partial charge in [-0.25, -0.2) is 4.39 Å². The second-order valence-corrected chi connectivity index (χ2v) is 11.3. The topological polar surface area (TPSA) is 70.2 Å². The lowest BCUT2D eigenvalue weighted by Crippen LogP contribution is -2.60. The van der Waals surface area contributed by atoms with E-state index in [9.17, 15) is 9.59 Å². The number of nitrogens with one attached hydrogen (secondary N) is 3. The summed E-state index contributed by atoms with van der Waals surface area (Å²) in [4.78, 5) is 28.0. The maximum absolute atomic E-state index is 15.7. The van der Waals surface area contributed by atoms with Crippen LogP contribution in [0, 0.1) is 5.82 Å². The van der Waals surface area contributed by atoms with Gasteiger partial charge in [0.1, 0.15) is 11.2 Å². The maximum Gasteiger partial charge on any atom is 0.238 e.